The maximum Gasteiger partial charge on any atom is 0.271 e. The monoisotopic (exact) mass is 288 g/mol. The number of benzene rings is 2. The average molecular weight is 288 g/mol. The van der Waals surface area contributed by atoms with Gasteiger partial charge in [-0.1, -0.05) is 12.1 Å². The van der Waals surface area contributed by atoms with Gasteiger partial charge in [0.15, 0.2) is 11.5 Å². The number of anilines is 1. The van der Waals surface area contributed by atoms with Crippen molar-refractivity contribution in [1.82, 2.24) is 0 Å². The summed E-state index contributed by atoms with van der Waals surface area (Å²) in [6, 6.07) is 11.3. The zero-order valence-corrected chi connectivity index (χ0v) is 11.7. The third kappa shape index (κ3) is 3.42. The molecule has 0 aliphatic heterocycles. The van der Waals surface area contributed by atoms with E-state index < -0.39 is 4.92 Å². The number of nitro benzene ring substituents is 1. The maximum atomic E-state index is 10.8. The van der Waals surface area contributed by atoms with Crippen LogP contribution in [0.2, 0.25) is 0 Å². The fraction of sp³-hybridized carbons (Fsp3) is 0.200. The third-order valence-corrected chi connectivity index (χ3v) is 3.14. The Kier molecular flexibility index (Phi) is 4.27. The lowest BCUT2D eigenvalue weighted by Crippen LogP contribution is -2.07. The van der Waals surface area contributed by atoms with Gasteiger partial charge >= 0.3 is 0 Å². The van der Waals surface area contributed by atoms with Gasteiger partial charge < -0.3 is 15.2 Å². The minimum atomic E-state index is -0.431. The predicted octanol–water partition coefficient (Wildman–Crippen LogP) is 3.48. The van der Waals surface area contributed by atoms with Gasteiger partial charge in [0, 0.05) is 23.9 Å². The zero-order chi connectivity index (χ0) is 15.4. The molecule has 6 heteroatoms. The van der Waals surface area contributed by atoms with Gasteiger partial charge in [0.25, 0.3) is 5.69 Å². The highest BCUT2D eigenvalue weighted by Gasteiger charge is 2.11. The summed E-state index contributed by atoms with van der Waals surface area (Å²) in [6.45, 7) is 1.92. The van der Waals surface area contributed by atoms with Crippen molar-refractivity contribution in [1.29, 1.82) is 0 Å². The molecule has 0 radical (unpaired) electrons. The fourth-order valence-corrected chi connectivity index (χ4v) is 2.01. The van der Waals surface area contributed by atoms with Gasteiger partial charge in [-0.3, -0.25) is 10.1 Å². The molecule has 2 N–H and O–H groups in total. The highest BCUT2D eigenvalue weighted by molar-refractivity contribution is 5.53. The molecule has 0 fully saturated rings. The second kappa shape index (κ2) is 6.13. The first kappa shape index (κ1) is 14.6. The van der Waals surface area contributed by atoms with Crippen LogP contribution in [-0.2, 0) is 0 Å². The number of methoxy groups -OCH3 is 1. The molecule has 21 heavy (non-hydrogen) atoms. The van der Waals surface area contributed by atoms with Crippen molar-refractivity contribution >= 4 is 11.4 Å². The van der Waals surface area contributed by atoms with Crippen LogP contribution in [0.1, 0.15) is 18.5 Å². The number of phenolic OH excluding ortho intramolecular Hbond substituents is 1. The van der Waals surface area contributed by atoms with Crippen LogP contribution < -0.4 is 10.1 Å². The quantitative estimate of drug-likeness (QED) is 0.650. The Morgan fingerprint density at radius 2 is 2.05 bits per heavy atom. The molecule has 2 aromatic rings. The molecule has 6 nitrogen and oxygen atoms in total. The first-order valence-corrected chi connectivity index (χ1v) is 6.39. The van der Waals surface area contributed by atoms with Crippen molar-refractivity contribution in [3.63, 3.8) is 0 Å². The largest absolute Gasteiger partial charge is 0.504 e. The average Bonchev–Trinajstić information content (AvgIpc) is 2.47. The summed E-state index contributed by atoms with van der Waals surface area (Å²) in [5.74, 6) is 0.462. The molecular formula is C15H16N2O4. The predicted molar refractivity (Wildman–Crippen MR) is 79.8 cm³/mol. The number of phenols is 1. The van der Waals surface area contributed by atoms with Crippen molar-refractivity contribution in [2.45, 2.75) is 13.0 Å². The number of non-ortho nitro benzene ring substituents is 1. The molecule has 0 aliphatic rings. The third-order valence-electron chi connectivity index (χ3n) is 3.14. The minimum absolute atomic E-state index is 0.0375. The molecule has 2 aromatic carbocycles. The lowest BCUT2D eigenvalue weighted by Gasteiger charge is -2.16. The molecule has 110 valence electrons. The van der Waals surface area contributed by atoms with Crippen LogP contribution in [0.25, 0.3) is 0 Å². The topological polar surface area (TPSA) is 84.6 Å². The Bertz CT molecular complexity index is 658. The van der Waals surface area contributed by atoms with E-state index in [1.807, 2.05) is 6.92 Å². The van der Waals surface area contributed by atoms with E-state index in [4.69, 9.17) is 4.74 Å². The fourth-order valence-electron chi connectivity index (χ4n) is 2.01. The molecule has 0 spiro atoms. The first-order valence-electron chi connectivity index (χ1n) is 6.39. The molecule has 1 atom stereocenters. The molecule has 2 rings (SSSR count). The van der Waals surface area contributed by atoms with Crippen LogP contribution in [0.15, 0.2) is 42.5 Å². The summed E-state index contributed by atoms with van der Waals surface area (Å²) in [4.78, 5) is 10.3. The Morgan fingerprint density at radius 1 is 1.29 bits per heavy atom. The van der Waals surface area contributed by atoms with E-state index in [-0.39, 0.29) is 17.5 Å². The summed E-state index contributed by atoms with van der Waals surface area (Å²) in [5, 5.41) is 23.5. The Labute approximate surface area is 122 Å². The number of hydrogen-bond donors (Lipinski definition) is 2. The Balaban J connectivity index is 2.19. The van der Waals surface area contributed by atoms with Gasteiger partial charge in [0.1, 0.15) is 0 Å². The molecule has 0 heterocycles. The zero-order valence-electron chi connectivity index (χ0n) is 11.7. The van der Waals surface area contributed by atoms with Gasteiger partial charge in [-0.15, -0.1) is 0 Å². The van der Waals surface area contributed by atoms with E-state index in [1.54, 1.807) is 30.3 Å². The number of hydrogen-bond acceptors (Lipinski definition) is 5. The highest BCUT2D eigenvalue weighted by atomic mass is 16.6. The van der Waals surface area contributed by atoms with Crippen molar-refractivity contribution in [3.8, 4) is 11.5 Å². The van der Waals surface area contributed by atoms with Crippen molar-refractivity contribution < 1.29 is 14.8 Å². The number of rotatable bonds is 5. The molecule has 0 saturated heterocycles. The molecule has 0 bridgehead atoms. The second-order valence-corrected chi connectivity index (χ2v) is 4.60. The molecule has 0 saturated carbocycles. The molecule has 0 aliphatic carbocycles. The molecule has 0 aromatic heterocycles. The number of aromatic hydroxyl groups is 1. The maximum absolute atomic E-state index is 10.8. The SMILES string of the molecule is COc1cc(C(C)Nc2cccc([N+](=O)[O-])c2)ccc1O. The smallest absolute Gasteiger partial charge is 0.271 e. The van der Waals surface area contributed by atoms with Crippen molar-refractivity contribution in [2.75, 3.05) is 12.4 Å². The van der Waals surface area contributed by atoms with E-state index in [9.17, 15) is 15.2 Å². The number of nitrogens with zero attached hydrogens (tertiary/aromatic N) is 1. The molecule has 0 amide bonds. The van der Waals surface area contributed by atoms with Crippen LogP contribution in [0.5, 0.6) is 11.5 Å². The van der Waals surface area contributed by atoms with Crippen molar-refractivity contribution in [3.05, 3.63) is 58.1 Å². The summed E-state index contributed by atoms with van der Waals surface area (Å²) < 4.78 is 5.07. The number of nitrogens with one attached hydrogen (secondary N) is 1. The standard InChI is InChI=1S/C15H16N2O4/c1-10(11-6-7-14(18)15(8-11)21-2)16-12-4-3-5-13(9-12)17(19)20/h3-10,16,18H,1-2H3. The van der Waals surface area contributed by atoms with E-state index in [1.165, 1.54) is 19.2 Å². The lowest BCUT2D eigenvalue weighted by atomic mass is 10.1. The van der Waals surface area contributed by atoms with Gasteiger partial charge in [-0.25, -0.2) is 0 Å². The van der Waals surface area contributed by atoms with E-state index in [0.29, 0.717) is 11.4 Å². The van der Waals surface area contributed by atoms with Gasteiger partial charge in [0.2, 0.25) is 0 Å². The van der Waals surface area contributed by atoms with E-state index in [2.05, 4.69) is 5.32 Å². The number of ether oxygens (including phenoxy) is 1. The summed E-state index contributed by atoms with van der Waals surface area (Å²) >= 11 is 0. The summed E-state index contributed by atoms with van der Waals surface area (Å²) in [7, 11) is 1.48. The first-order chi connectivity index (χ1) is 10.0. The van der Waals surface area contributed by atoms with Crippen molar-refractivity contribution in [2.24, 2.45) is 0 Å². The van der Waals surface area contributed by atoms with E-state index >= 15 is 0 Å². The summed E-state index contributed by atoms with van der Waals surface area (Å²) in [6.07, 6.45) is 0. The van der Waals surface area contributed by atoms with E-state index in [0.717, 1.165) is 5.56 Å². The highest BCUT2D eigenvalue weighted by Crippen LogP contribution is 2.30. The van der Waals surface area contributed by atoms with Crippen LogP contribution in [-0.4, -0.2) is 17.1 Å². The normalized spacial score (nSPS) is 11.7. The summed E-state index contributed by atoms with van der Waals surface area (Å²) in [5.41, 5.74) is 1.59. The lowest BCUT2D eigenvalue weighted by molar-refractivity contribution is -0.384. The van der Waals surface area contributed by atoms with Crippen LogP contribution in [0.3, 0.4) is 0 Å². The Morgan fingerprint density at radius 3 is 2.71 bits per heavy atom. The minimum Gasteiger partial charge on any atom is -0.504 e. The van der Waals surface area contributed by atoms with Crippen LogP contribution in [0.4, 0.5) is 11.4 Å². The van der Waals surface area contributed by atoms with Crippen LogP contribution in [0, 0.1) is 10.1 Å². The van der Waals surface area contributed by atoms with Crippen LogP contribution >= 0.6 is 0 Å². The molecule has 1 unspecified atom stereocenters. The number of nitro groups is 1. The molecular weight excluding hydrogens is 272 g/mol. The Hall–Kier alpha value is -2.76. The van der Waals surface area contributed by atoms with Gasteiger partial charge in [-0.05, 0) is 30.7 Å². The second-order valence-electron chi connectivity index (χ2n) is 4.60. The van der Waals surface area contributed by atoms with Gasteiger partial charge in [-0.2, -0.15) is 0 Å². The van der Waals surface area contributed by atoms with Gasteiger partial charge in [0.05, 0.1) is 12.0 Å².